The lowest BCUT2D eigenvalue weighted by atomic mass is 9.95. The maximum absolute atomic E-state index is 13.2. The summed E-state index contributed by atoms with van der Waals surface area (Å²) < 4.78 is 0. The maximum atomic E-state index is 13.2. The average Bonchev–Trinajstić information content (AvgIpc) is 2.78. The minimum atomic E-state index is -0.525. The number of hydrogen-bond acceptors (Lipinski definition) is 2. The van der Waals surface area contributed by atoms with Crippen LogP contribution in [-0.2, 0) is 22.6 Å². The minimum Gasteiger partial charge on any atom is -0.352 e. The van der Waals surface area contributed by atoms with E-state index in [0.717, 1.165) is 36.8 Å². The molecular weight excluding hydrogens is 408 g/mol. The van der Waals surface area contributed by atoms with Gasteiger partial charge in [-0.15, -0.1) is 0 Å². The topological polar surface area (TPSA) is 49.4 Å². The van der Waals surface area contributed by atoms with Crippen LogP contribution < -0.4 is 5.32 Å². The molecule has 0 aliphatic heterocycles. The first-order valence-corrected chi connectivity index (χ1v) is 11.7. The molecule has 2 amide bonds. The Kier molecular flexibility index (Phi) is 8.53. The summed E-state index contributed by atoms with van der Waals surface area (Å²) in [4.78, 5) is 27.9. The number of carbonyl (C=O) groups is 2. The summed E-state index contributed by atoms with van der Waals surface area (Å²) in [7, 11) is 0. The second-order valence-corrected chi connectivity index (χ2v) is 9.09. The summed E-state index contributed by atoms with van der Waals surface area (Å²) in [5, 5.41) is 3.83. The summed E-state index contributed by atoms with van der Waals surface area (Å²) in [6.07, 6.45) is 6.63. The van der Waals surface area contributed by atoms with Crippen LogP contribution in [0.1, 0.15) is 62.1 Å². The number of halogens is 1. The normalized spacial score (nSPS) is 15.3. The van der Waals surface area contributed by atoms with Crippen LogP contribution in [0.15, 0.2) is 48.5 Å². The van der Waals surface area contributed by atoms with Crippen molar-refractivity contribution in [1.82, 2.24) is 10.2 Å². The molecule has 166 valence electrons. The van der Waals surface area contributed by atoms with Crippen LogP contribution in [0.2, 0.25) is 5.02 Å². The van der Waals surface area contributed by atoms with E-state index in [1.807, 2.05) is 31.2 Å². The van der Waals surface area contributed by atoms with Gasteiger partial charge in [0, 0.05) is 24.0 Å². The average molecular weight is 441 g/mol. The van der Waals surface area contributed by atoms with Crippen LogP contribution in [-0.4, -0.2) is 28.8 Å². The molecule has 1 aliphatic carbocycles. The van der Waals surface area contributed by atoms with Gasteiger partial charge in [-0.25, -0.2) is 0 Å². The summed E-state index contributed by atoms with van der Waals surface area (Å²) in [6, 6.07) is 15.4. The molecule has 5 heteroatoms. The van der Waals surface area contributed by atoms with Gasteiger partial charge in [0.15, 0.2) is 0 Å². The number of nitrogens with one attached hydrogen (secondary N) is 1. The van der Waals surface area contributed by atoms with Crippen molar-refractivity contribution in [3.05, 3.63) is 70.2 Å². The van der Waals surface area contributed by atoms with E-state index in [-0.39, 0.29) is 17.9 Å². The third-order valence-corrected chi connectivity index (χ3v) is 6.39. The Morgan fingerprint density at radius 2 is 1.61 bits per heavy atom. The summed E-state index contributed by atoms with van der Waals surface area (Å²) in [5.74, 6) is -0.0774. The van der Waals surface area contributed by atoms with E-state index in [1.165, 1.54) is 12.0 Å². The Balaban J connectivity index is 1.69. The van der Waals surface area contributed by atoms with Crippen molar-refractivity contribution in [3.8, 4) is 0 Å². The highest BCUT2D eigenvalue weighted by Crippen LogP contribution is 2.19. The Labute approximate surface area is 191 Å². The van der Waals surface area contributed by atoms with Crippen LogP contribution in [0.25, 0.3) is 0 Å². The van der Waals surface area contributed by atoms with E-state index in [2.05, 4.69) is 36.5 Å². The van der Waals surface area contributed by atoms with Gasteiger partial charge in [0.1, 0.15) is 6.04 Å². The molecule has 31 heavy (non-hydrogen) atoms. The zero-order valence-corrected chi connectivity index (χ0v) is 19.3. The van der Waals surface area contributed by atoms with Crippen molar-refractivity contribution < 1.29 is 9.59 Å². The van der Waals surface area contributed by atoms with Gasteiger partial charge in [0.25, 0.3) is 0 Å². The summed E-state index contributed by atoms with van der Waals surface area (Å²) in [5.41, 5.74) is 3.29. The van der Waals surface area contributed by atoms with Crippen molar-refractivity contribution in [1.29, 1.82) is 0 Å². The van der Waals surface area contributed by atoms with Gasteiger partial charge >= 0.3 is 0 Å². The fourth-order valence-electron chi connectivity index (χ4n) is 4.09. The third kappa shape index (κ3) is 7.10. The van der Waals surface area contributed by atoms with Gasteiger partial charge in [-0.2, -0.15) is 0 Å². The number of carbonyl (C=O) groups excluding carboxylic acids is 2. The van der Waals surface area contributed by atoms with Crippen molar-refractivity contribution in [3.63, 3.8) is 0 Å². The molecule has 3 rings (SSSR count). The smallest absolute Gasteiger partial charge is 0.242 e. The highest BCUT2D eigenvalue weighted by Gasteiger charge is 2.27. The van der Waals surface area contributed by atoms with E-state index >= 15 is 0 Å². The molecule has 2 aromatic carbocycles. The van der Waals surface area contributed by atoms with Crippen molar-refractivity contribution in [2.45, 2.75) is 77.4 Å². The zero-order valence-electron chi connectivity index (χ0n) is 18.6. The highest BCUT2D eigenvalue weighted by atomic mass is 35.5. The van der Waals surface area contributed by atoms with E-state index in [0.29, 0.717) is 24.4 Å². The lowest BCUT2D eigenvalue weighted by Crippen LogP contribution is -2.50. The first-order valence-electron chi connectivity index (χ1n) is 11.3. The first-order chi connectivity index (χ1) is 14.9. The van der Waals surface area contributed by atoms with Crippen LogP contribution in [0, 0.1) is 6.92 Å². The van der Waals surface area contributed by atoms with Crippen molar-refractivity contribution >= 4 is 23.4 Å². The Hall–Kier alpha value is -2.33. The molecule has 1 N–H and O–H groups in total. The van der Waals surface area contributed by atoms with Gasteiger partial charge in [-0.3, -0.25) is 9.59 Å². The fraction of sp³-hybridized carbons (Fsp3) is 0.462. The highest BCUT2D eigenvalue weighted by molar-refractivity contribution is 6.30. The number of benzene rings is 2. The Bertz CT molecular complexity index is 858. The monoisotopic (exact) mass is 440 g/mol. The molecule has 4 nitrogen and oxygen atoms in total. The van der Waals surface area contributed by atoms with E-state index < -0.39 is 6.04 Å². The molecule has 1 fully saturated rings. The number of rotatable bonds is 8. The summed E-state index contributed by atoms with van der Waals surface area (Å²) in [6.45, 7) is 4.27. The zero-order chi connectivity index (χ0) is 22.2. The van der Waals surface area contributed by atoms with Crippen molar-refractivity contribution in [2.75, 3.05) is 0 Å². The molecule has 0 unspecified atom stereocenters. The molecule has 0 bridgehead atoms. The number of nitrogens with zero attached hydrogens (tertiary/aromatic N) is 1. The molecule has 0 spiro atoms. The van der Waals surface area contributed by atoms with Crippen LogP contribution in [0.3, 0.4) is 0 Å². The van der Waals surface area contributed by atoms with Crippen molar-refractivity contribution in [2.24, 2.45) is 0 Å². The summed E-state index contributed by atoms with van der Waals surface area (Å²) >= 11 is 6.02. The molecule has 2 aromatic rings. The molecule has 1 atom stereocenters. The molecule has 0 heterocycles. The SMILES string of the molecule is Cc1ccc(CCC(=O)N(Cc2ccc(Cl)cc2)[C@@H](C)C(=O)NC2CCCCC2)cc1. The lowest BCUT2D eigenvalue weighted by Gasteiger charge is -2.31. The standard InChI is InChI=1S/C26H33ClN2O2/c1-19-8-10-21(11-9-19)14-17-25(30)29(18-22-12-15-23(27)16-13-22)20(2)26(31)28-24-6-4-3-5-7-24/h8-13,15-16,20,24H,3-7,14,17-18H2,1-2H3,(H,28,31)/t20-/m0/s1. The van der Waals surface area contributed by atoms with E-state index in [9.17, 15) is 9.59 Å². The predicted octanol–water partition coefficient (Wildman–Crippen LogP) is 5.45. The molecule has 0 saturated heterocycles. The first kappa shape index (κ1) is 23.3. The van der Waals surface area contributed by atoms with E-state index in [4.69, 9.17) is 11.6 Å². The lowest BCUT2D eigenvalue weighted by molar-refractivity contribution is -0.141. The second-order valence-electron chi connectivity index (χ2n) is 8.65. The Morgan fingerprint density at radius 3 is 2.26 bits per heavy atom. The minimum absolute atomic E-state index is 0.0122. The second kappa shape index (κ2) is 11.3. The van der Waals surface area contributed by atoms with Gasteiger partial charge in [0.2, 0.25) is 11.8 Å². The predicted molar refractivity (Wildman–Crippen MR) is 126 cm³/mol. The number of amides is 2. The van der Waals surface area contributed by atoms with Gasteiger partial charge in [-0.05, 0) is 56.4 Å². The van der Waals surface area contributed by atoms with Crippen LogP contribution >= 0.6 is 11.6 Å². The number of aryl methyl sites for hydroxylation is 2. The van der Waals surface area contributed by atoms with Gasteiger partial charge < -0.3 is 10.2 Å². The van der Waals surface area contributed by atoms with E-state index in [1.54, 1.807) is 4.90 Å². The van der Waals surface area contributed by atoms with Gasteiger partial charge in [-0.1, -0.05) is 72.8 Å². The number of hydrogen-bond donors (Lipinski definition) is 1. The molecule has 1 aliphatic rings. The third-order valence-electron chi connectivity index (χ3n) is 6.13. The quantitative estimate of drug-likeness (QED) is 0.593. The fourth-order valence-corrected chi connectivity index (χ4v) is 4.21. The maximum Gasteiger partial charge on any atom is 0.242 e. The van der Waals surface area contributed by atoms with Crippen LogP contribution in [0.4, 0.5) is 0 Å². The molecular formula is C26H33ClN2O2. The van der Waals surface area contributed by atoms with Gasteiger partial charge in [0.05, 0.1) is 0 Å². The molecule has 1 saturated carbocycles. The molecule has 0 aromatic heterocycles. The molecule has 0 radical (unpaired) electrons. The Morgan fingerprint density at radius 1 is 1.00 bits per heavy atom. The largest absolute Gasteiger partial charge is 0.352 e. The van der Waals surface area contributed by atoms with Crippen LogP contribution in [0.5, 0.6) is 0 Å².